The summed E-state index contributed by atoms with van der Waals surface area (Å²) in [6, 6.07) is 0. The predicted octanol–water partition coefficient (Wildman–Crippen LogP) is 1.68. The van der Waals surface area contributed by atoms with E-state index in [1.165, 1.54) is 0 Å². The largest absolute Gasteiger partial charge is 0.381 e. The average Bonchev–Trinajstić information content (AvgIpc) is 1.79. The fraction of sp³-hybridized carbons (Fsp3) is 0.778. The zero-order valence-corrected chi connectivity index (χ0v) is 6.68. The summed E-state index contributed by atoms with van der Waals surface area (Å²) in [4.78, 5) is 0. The van der Waals surface area contributed by atoms with Gasteiger partial charge in [-0.1, -0.05) is 19.8 Å². The lowest BCUT2D eigenvalue weighted by atomic mass is 9.93. The molecule has 1 fully saturated rings. The first-order valence-electron chi connectivity index (χ1n) is 3.90. The van der Waals surface area contributed by atoms with Crippen LogP contribution < -0.4 is 0 Å². The minimum Gasteiger partial charge on any atom is -0.381 e. The van der Waals surface area contributed by atoms with E-state index in [1.807, 2.05) is 0 Å². The van der Waals surface area contributed by atoms with Crippen LogP contribution in [0.5, 0.6) is 0 Å². The van der Waals surface area contributed by atoms with Crippen LogP contribution in [0.3, 0.4) is 0 Å². The van der Waals surface area contributed by atoms with Gasteiger partial charge in [0, 0.05) is 18.3 Å². The van der Waals surface area contributed by atoms with Crippen molar-refractivity contribution in [3.8, 4) is 11.8 Å². The lowest BCUT2D eigenvalue weighted by Gasteiger charge is -2.28. The van der Waals surface area contributed by atoms with Gasteiger partial charge in [-0.25, -0.2) is 0 Å². The maximum atomic E-state index is 5.07. The maximum absolute atomic E-state index is 5.07. The highest BCUT2D eigenvalue weighted by Gasteiger charge is 2.23. The van der Waals surface area contributed by atoms with E-state index in [9.17, 15) is 0 Å². The summed E-state index contributed by atoms with van der Waals surface area (Å²) >= 11 is 0. The Balaban J connectivity index is 2.25. The zero-order valence-electron chi connectivity index (χ0n) is 6.68. The first kappa shape index (κ1) is 7.63. The molecule has 0 aromatic rings. The van der Waals surface area contributed by atoms with Crippen LogP contribution in [0.1, 0.15) is 20.3 Å². The van der Waals surface area contributed by atoms with E-state index in [0.29, 0.717) is 11.8 Å². The van der Waals surface area contributed by atoms with Crippen molar-refractivity contribution in [3.05, 3.63) is 0 Å². The lowest BCUT2D eigenvalue weighted by molar-refractivity contribution is -0.0465. The van der Waals surface area contributed by atoms with Crippen LogP contribution >= 0.6 is 0 Å². The van der Waals surface area contributed by atoms with Crippen molar-refractivity contribution in [1.82, 2.24) is 0 Å². The van der Waals surface area contributed by atoms with Crippen molar-refractivity contribution in [3.63, 3.8) is 0 Å². The Hall–Kier alpha value is -0.480. The number of ether oxygens (including phenoxy) is 1. The number of hydrogen-bond donors (Lipinski definition) is 0. The summed E-state index contributed by atoms with van der Waals surface area (Å²) in [7, 11) is 0. The van der Waals surface area contributed by atoms with Crippen molar-refractivity contribution < 1.29 is 4.74 Å². The van der Waals surface area contributed by atoms with Crippen molar-refractivity contribution in [1.29, 1.82) is 0 Å². The first-order chi connectivity index (χ1) is 4.84. The molecule has 0 spiro atoms. The molecule has 1 aliphatic heterocycles. The van der Waals surface area contributed by atoms with Crippen molar-refractivity contribution in [2.45, 2.75) is 20.3 Å². The van der Waals surface area contributed by atoms with Crippen LogP contribution in [0.25, 0.3) is 0 Å². The van der Waals surface area contributed by atoms with Crippen LogP contribution in [-0.4, -0.2) is 13.2 Å². The Morgan fingerprint density at radius 3 is 2.70 bits per heavy atom. The number of rotatable bonds is 1. The van der Waals surface area contributed by atoms with E-state index in [-0.39, 0.29) is 0 Å². The normalized spacial score (nSPS) is 20.6. The van der Waals surface area contributed by atoms with Gasteiger partial charge in [0.1, 0.15) is 0 Å². The molecule has 1 heterocycles. The van der Waals surface area contributed by atoms with Gasteiger partial charge in [-0.05, 0) is 0 Å². The molecule has 0 aromatic heterocycles. The molecule has 1 saturated heterocycles. The van der Waals surface area contributed by atoms with Gasteiger partial charge in [-0.2, -0.15) is 0 Å². The van der Waals surface area contributed by atoms with E-state index in [1.54, 1.807) is 0 Å². The fourth-order valence-corrected chi connectivity index (χ4v) is 0.924. The van der Waals surface area contributed by atoms with E-state index in [0.717, 1.165) is 19.6 Å². The molecule has 10 heavy (non-hydrogen) atoms. The Morgan fingerprint density at radius 2 is 2.30 bits per heavy atom. The molecule has 1 heteroatoms. The standard InChI is InChI=1S/C9H14O/c1-3-4-5-8(2)9-6-10-7-9/h8-9H,3,6-7H2,1-2H3. The van der Waals surface area contributed by atoms with Crippen LogP contribution in [0.4, 0.5) is 0 Å². The SMILES string of the molecule is CCC#CC(C)C1COC1. The third-order valence-corrected chi connectivity index (χ3v) is 1.88. The topological polar surface area (TPSA) is 9.23 Å². The molecule has 0 amide bonds. The molecule has 0 N–H and O–H groups in total. The second-order valence-electron chi connectivity index (χ2n) is 2.76. The summed E-state index contributed by atoms with van der Waals surface area (Å²) in [6.07, 6.45) is 0.970. The molecule has 0 bridgehead atoms. The molecule has 1 rings (SSSR count). The Labute approximate surface area is 62.8 Å². The summed E-state index contributed by atoms with van der Waals surface area (Å²) in [5.41, 5.74) is 0. The van der Waals surface area contributed by atoms with Crippen LogP contribution in [0, 0.1) is 23.7 Å². The third kappa shape index (κ3) is 1.75. The quantitative estimate of drug-likeness (QED) is 0.501. The van der Waals surface area contributed by atoms with Crippen molar-refractivity contribution >= 4 is 0 Å². The minimum atomic E-state index is 0.536. The highest BCUT2D eigenvalue weighted by molar-refractivity contribution is 5.04. The van der Waals surface area contributed by atoms with Gasteiger partial charge in [-0.3, -0.25) is 0 Å². The second-order valence-corrected chi connectivity index (χ2v) is 2.76. The van der Waals surface area contributed by atoms with Gasteiger partial charge in [0.15, 0.2) is 0 Å². The van der Waals surface area contributed by atoms with E-state index in [4.69, 9.17) is 4.74 Å². The van der Waals surface area contributed by atoms with Gasteiger partial charge in [0.05, 0.1) is 13.2 Å². The summed E-state index contributed by atoms with van der Waals surface area (Å²) in [5.74, 6) is 7.54. The predicted molar refractivity (Wildman–Crippen MR) is 41.5 cm³/mol. The van der Waals surface area contributed by atoms with E-state index in [2.05, 4.69) is 25.7 Å². The van der Waals surface area contributed by atoms with Gasteiger partial charge in [-0.15, -0.1) is 5.92 Å². The molecule has 0 aliphatic carbocycles. The van der Waals surface area contributed by atoms with Gasteiger partial charge in [0.2, 0.25) is 0 Å². The van der Waals surface area contributed by atoms with Gasteiger partial charge in [0.25, 0.3) is 0 Å². The van der Waals surface area contributed by atoms with Crippen molar-refractivity contribution in [2.75, 3.05) is 13.2 Å². The smallest absolute Gasteiger partial charge is 0.0528 e. The number of hydrogen-bond acceptors (Lipinski definition) is 1. The maximum Gasteiger partial charge on any atom is 0.0528 e. The minimum absolute atomic E-state index is 0.536. The van der Waals surface area contributed by atoms with Crippen LogP contribution in [0.15, 0.2) is 0 Å². The van der Waals surface area contributed by atoms with E-state index >= 15 is 0 Å². The van der Waals surface area contributed by atoms with Crippen LogP contribution in [-0.2, 0) is 4.74 Å². The van der Waals surface area contributed by atoms with E-state index < -0.39 is 0 Å². The summed E-state index contributed by atoms with van der Waals surface area (Å²) in [5, 5.41) is 0. The Kier molecular flexibility index (Phi) is 2.77. The second kappa shape index (κ2) is 3.63. The first-order valence-corrected chi connectivity index (χ1v) is 3.90. The summed E-state index contributed by atoms with van der Waals surface area (Å²) in [6.45, 7) is 6.09. The van der Waals surface area contributed by atoms with Crippen molar-refractivity contribution in [2.24, 2.45) is 11.8 Å². The lowest BCUT2D eigenvalue weighted by Crippen LogP contribution is -2.32. The van der Waals surface area contributed by atoms with Crippen LogP contribution in [0.2, 0.25) is 0 Å². The highest BCUT2D eigenvalue weighted by Crippen LogP contribution is 2.19. The third-order valence-electron chi connectivity index (χ3n) is 1.88. The molecule has 0 radical (unpaired) electrons. The highest BCUT2D eigenvalue weighted by atomic mass is 16.5. The monoisotopic (exact) mass is 138 g/mol. The fourth-order valence-electron chi connectivity index (χ4n) is 0.924. The molecule has 1 unspecified atom stereocenters. The molecule has 1 atom stereocenters. The average molecular weight is 138 g/mol. The molecule has 0 saturated carbocycles. The molecular formula is C9H14O. The molecule has 0 aromatic carbocycles. The molecular weight excluding hydrogens is 124 g/mol. The molecule has 1 nitrogen and oxygen atoms in total. The molecule has 1 aliphatic rings. The zero-order chi connectivity index (χ0) is 7.40. The Morgan fingerprint density at radius 1 is 1.60 bits per heavy atom. The summed E-state index contributed by atoms with van der Waals surface area (Å²) < 4.78 is 5.07. The van der Waals surface area contributed by atoms with Gasteiger partial charge >= 0.3 is 0 Å². The Bertz CT molecular complexity index is 148. The van der Waals surface area contributed by atoms with Gasteiger partial charge < -0.3 is 4.74 Å². The molecule has 56 valence electrons.